The van der Waals surface area contributed by atoms with Gasteiger partial charge in [0.25, 0.3) is 6.02 Å². The second kappa shape index (κ2) is 6.87. The molecule has 11 heteroatoms. The Balaban J connectivity index is 2.11. The van der Waals surface area contributed by atoms with Crippen LogP contribution in [0.15, 0.2) is 4.99 Å². The zero-order valence-corrected chi connectivity index (χ0v) is 11.8. The summed E-state index contributed by atoms with van der Waals surface area (Å²) in [6.07, 6.45) is -8.94. The van der Waals surface area contributed by atoms with E-state index >= 15 is 0 Å². The molecule has 5 atom stereocenters. The Morgan fingerprint density at radius 1 is 1.48 bits per heavy atom. The second-order valence-electron chi connectivity index (χ2n) is 5.24. The van der Waals surface area contributed by atoms with Crippen LogP contribution < -0.4 is 5.32 Å². The fourth-order valence-corrected chi connectivity index (χ4v) is 2.66. The molecule has 0 aromatic rings. The van der Waals surface area contributed by atoms with Crippen LogP contribution in [0.5, 0.6) is 0 Å². The van der Waals surface area contributed by atoms with Crippen molar-refractivity contribution in [2.75, 3.05) is 19.8 Å². The number of rotatable bonds is 4. The number of hydrogen-bond acceptors (Lipinski definition) is 6. The fraction of sp³-hybridized carbons (Fsp3) is 0.833. The van der Waals surface area contributed by atoms with Gasteiger partial charge in [-0.1, -0.05) is 0 Å². The Morgan fingerprint density at radius 2 is 2.17 bits per heavy atom. The van der Waals surface area contributed by atoms with Gasteiger partial charge in [-0.05, 0) is 6.42 Å². The van der Waals surface area contributed by atoms with Crippen molar-refractivity contribution < 1.29 is 42.0 Å². The third-order valence-corrected chi connectivity index (χ3v) is 3.71. The summed E-state index contributed by atoms with van der Waals surface area (Å²) in [5, 5.41) is 22.1. The molecule has 1 heterocycles. The summed E-state index contributed by atoms with van der Waals surface area (Å²) in [6, 6.07) is -0.918. The minimum Gasteiger partial charge on any atom is -0.460 e. The number of nitrogens with zero attached hydrogens (tertiary/aromatic N) is 1. The topological polar surface area (TPSA) is 100 Å². The average molecular weight is 344 g/mol. The maximum absolute atomic E-state index is 12.3. The first-order valence-electron chi connectivity index (χ1n) is 6.88. The lowest BCUT2D eigenvalue weighted by molar-refractivity contribution is -0.218. The van der Waals surface area contributed by atoms with E-state index in [1.807, 2.05) is 0 Å². The van der Waals surface area contributed by atoms with E-state index in [4.69, 9.17) is 4.74 Å². The molecule has 23 heavy (non-hydrogen) atoms. The number of nitrogens with one attached hydrogen (secondary N) is 1. The summed E-state index contributed by atoms with van der Waals surface area (Å²) in [5.41, 5.74) is 0. The van der Waals surface area contributed by atoms with Crippen LogP contribution in [0, 0.1) is 5.92 Å². The molecule has 2 rings (SSSR count). The lowest BCUT2D eigenvalue weighted by Crippen LogP contribution is -2.58. The highest BCUT2D eigenvalue weighted by molar-refractivity contribution is 5.77. The molecule has 0 unspecified atom stereocenters. The molecule has 132 valence electrons. The quantitative estimate of drug-likeness (QED) is 0.470. The molecule has 7 nitrogen and oxygen atoms in total. The van der Waals surface area contributed by atoms with E-state index in [2.05, 4.69) is 15.0 Å². The molecule has 3 N–H and O–H groups in total. The van der Waals surface area contributed by atoms with Gasteiger partial charge < -0.3 is 25.0 Å². The molecular formula is C12H16F4N2O5. The number of halogens is 4. The Hall–Kier alpha value is -1.62. The number of aliphatic imine (C=N–C) groups is 1. The normalized spacial score (nSPS) is 35.4. The monoisotopic (exact) mass is 344 g/mol. The predicted octanol–water partition coefficient (Wildman–Crippen LogP) is -0.484. The van der Waals surface area contributed by atoms with Crippen LogP contribution in [-0.4, -0.2) is 72.6 Å². The first kappa shape index (κ1) is 17.7. The highest BCUT2D eigenvalue weighted by Crippen LogP contribution is 2.33. The molecule has 0 aromatic carbocycles. The predicted molar refractivity (Wildman–Crippen MR) is 67.2 cm³/mol. The van der Waals surface area contributed by atoms with Crippen molar-refractivity contribution >= 4 is 12.0 Å². The molecule has 1 saturated carbocycles. The Kier molecular flexibility index (Phi) is 5.30. The number of esters is 1. The summed E-state index contributed by atoms with van der Waals surface area (Å²) >= 11 is 0. The minimum atomic E-state index is -5.20. The first-order valence-corrected chi connectivity index (χ1v) is 6.88. The van der Waals surface area contributed by atoms with Gasteiger partial charge in [-0.25, -0.2) is 14.2 Å². The lowest BCUT2D eigenvalue weighted by Gasteiger charge is -2.39. The Bertz CT molecular complexity index is 473. The highest BCUT2D eigenvalue weighted by atomic mass is 19.4. The van der Waals surface area contributed by atoms with Crippen LogP contribution in [0.2, 0.25) is 0 Å². The number of carbonyl (C=O) groups excluding carboxylic acids is 1. The molecule has 0 bridgehead atoms. The van der Waals surface area contributed by atoms with Crippen molar-refractivity contribution in [2.24, 2.45) is 10.9 Å². The van der Waals surface area contributed by atoms with E-state index in [1.165, 1.54) is 0 Å². The molecule has 0 aromatic heterocycles. The Labute approximate surface area is 128 Å². The van der Waals surface area contributed by atoms with Gasteiger partial charge in [0.05, 0.1) is 12.6 Å². The van der Waals surface area contributed by atoms with Crippen molar-refractivity contribution in [3.63, 3.8) is 0 Å². The molecule has 0 radical (unpaired) electrons. The summed E-state index contributed by atoms with van der Waals surface area (Å²) in [4.78, 5) is 14.7. The number of amidine groups is 1. The standard InChI is InChI=1S/C12H16F4N2O5/c13-1-2-17-11-18-7-6(22-11)3-5(4-19)9(8(7)20)23-10(21)12(14,15)16/h5-9,19-20H,1-4H2,(H,17,18)/t5-,6+,7+,8-,9-/m1/s1. The van der Waals surface area contributed by atoms with Gasteiger partial charge in [-0.15, -0.1) is 0 Å². The van der Waals surface area contributed by atoms with E-state index in [-0.39, 0.29) is 19.0 Å². The summed E-state index contributed by atoms with van der Waals surface area (Å²) < 4.78 is 58.7. The van der Waals surface area contributed by atoms with E-state index in [0.717, 1.165) is 0 Å². The molecule has 2 aliphatic rings. The van der Waals surface area contributed by atoms with Crippen molar-refractivity contribution in [1.29, 1.82) is 0 Å². The van der Waals surface area contributed by atoms with Gasteiger partial charge >= 0.3 is 12.1 Å². The van der Waals surface area contributed by atoms with Crippen molar-refractivity contribution in [3.05, 3.63) is 0 Å². The first-order chi connectivity index (χ1) is 10.8. The summed E-state index contributed by atoms with van der Waals surface area (Å²) in [5.74, 6) is -3.37. The molecular weight excluding hydrogens is 328 g/mol. The third-order valence-electron chi connectivity index (χ3n) is 3.71. The van der Waals surface area contributed by atoms with E-state index in [1.54, 1.807) is 0 Å². The van der Waals surface area contributed by atoms with Crippen LogP contribution in [0.4, 0.5) is 17.6 Å². The molecule has 0 amide bonds. The number of hydrogen-bond donors (Lipinski definition) is 3. The number of ether oxygens (including phenoxy) is 2. The summed E-state index contributed by atoms with van der Waals surface area (Å²) in [7, 11) is 0. The van der Waals surface area contributed by atoms with Gasteiger partial charge in [0, 0.05) is 12.5 Å². The van der Waals surface area contributed by atoms with E-state index < -0.39 is 55.7 Å². The summed E-state index contributed by atoms with van der Waals surface area (Å²) in [6.45, 7) is -1.50. The van der Waals surface area contributed by atoms with E-state index in [9.17, 15) is 32.6 Å². The average Bonchev–Trinajstić information content (AvgIpc) is 2.89. The van der Waals surface area contributed by atoms with Gasteiger partial charge in [0.1, 0.15) is 25.0 Å². The molecule has 1 saturated heterocycles. The number of fused-ring (bicyclic) bond motifs is 1. The number of alkyl halides is 4. The van der Waals surface area contributed by atoms with Crippen molar-refractivity contribution in [3.8, 4) is 0 Å². The van der Waals surface area contributed by atoms with Crippen molar-refractivity contribution in [1.82, 2.24) is 5.32 Å². The number of carbonyl (C=O) groups is 1. The number of aliphatic hydroxyl groups is 2. The van der Waals surface area contributed by atoms with Crippen LogP contribution in [0.25, 0.3) is 0 Å². The van der Waals surface area contributed by atoms with Crippen molar-refractivity contribution in [2.45, 2.75) is 37.0 Å². The largest absolute Gasteiger partial charge is 0.490 e. The lowest BCUT2D eigenvalue weighted by atomic mass is 9.80. The zero-order valence-electron chi connectivity index (χ0n) is 11.8. The fourth-order valence-electron chi connectivity index (χ4n) is 2.66. The third kappa shape index (κ3) is 3.83. The second-order valence-corrected chi connectivity index (χ2v) is 5.24. The minimum absolute atomic E-state index is 0.0374. The van der Waals surface area contributed by atoms with E-state index in [0.29, 0.717) is 0 Å². The van der Waals surface area contributed by atoms with Gasteiger partial charge in [-0.3, -0.25) is 0 Å². The SMILES string of the molecule is O=C(O[C@@H]1[C@@H](CO)C[C@@H]2OC(=NCCF)N[C@@H]2[C@H]1O)C(F)(F)F. The molecule has 1 aliphatic carbocycles. The van der Waals surface area contributed by atoms with Gasteiger partial charge in [0.2, 0.25) is 0 Å². The Morgan fingerprint density at radius 3 is 2.74 bits per heavy atom. The maximum atomic E-state index is 12.3. The van der Waals surface area contributed by atoms with Crippen LogP contribution >= 0.6 is 0 Å². The van der Waals surface area contributed by atoms with Gasteiger partial charge in [-0.2, -0.15) is 13.2 Å². The smallest absolute Gasteiger partial charge is 0.460 e. The molecule has 1 aliphatic heterocycles. The number of aliphatic hydroxyl groups excluding tert-OH is 2. The molecule has 2 fully saturated rings. The van der Waals surface area contributed by atoms with Crippen LogP contribution in [-0.2, 0) is 14.3 Å². The van der Waals surface area contributed by atoms with Gasteiger partial charge in [0.15, 0.2) is 0 Å². The van der Waals surface area contributed by atoms with Crippen LogP contribution in [0.1, 0.15) is 6.42 Å². The molecule has 0 spiro atoms. The maximum Gasteiger partial charge on any atom is 0.490 e. The van der Waals surface area contributed by atoms with Crippen LogP contribution in [0.3, 0.4) is 0 Å². The zero-order chi connectivity index (χ0) is 17.2. The highest BCUT2D eigenvalue weighted by Gasteiger charge is 2.53.